The summed E-state index contributed by atoms with van der Waals surface area (Å²) in [5, 5.41) is 3.06. The van der Waals surface area contributed by atoms with Gasteiger partial charge in [-0.15, -0.1) is 11.3 Å². The van der Waals surface area contributed by atoms with E-state index in [2.05, 4.69) is 24.2 Å². The van der Waals surface area contributed by atoms with E-state index in [9.17, 15) is 0 Å². The van der Waals surface area contributed by atoms with E-state index in [0.29, 0.717) is 12.5 Å². The number of rotatable bonds is 5. The van der Waals surface area contributed by atoms with Gasteiger partial charge in [-0.2, -0.15) is 0 Å². The maximum Gasteiger partial charge on any atom is 0.119 e. The van der Waals surface area contributed by atoms with Gasteiger partial charge in [0.25, 0.3) is 0 Å². The van der Waals surface area contributed by atoms with Gasteiger partial charge in [-0.25, -0.2) is 4.98 Å². The third-order valence-electron chi connectivity index (χ3n) is 2.99. The van der Waals surface area contributed by atoms with E-state index in [1.807, 2.05) is 31.2 Å². The highest BCUT2D eigenvalue weighted by atomic mass is 32.1. The van der Waals surface area contributed by atoms with Crippen LogP contribution in [0.3, 0.4) is 0 Å². The van der Waals surface area contributed by atoms with E-state index in [4.69, 9.17) is 10.5 Å². The third-order valence-corrected chi connectivity index (χ3v) is 3.93. The summed E-state index contributed by atoms with van der Waals surface area (Å²) in [5.74, 6) is 1.29. The molecule has 0 aliphatic heterocycles. The van der Waals surface area contributed by atoms with E-state index in [-0.39, 0.29) is 6.04 Å². The minimum Gasteiger partial charge on any atom is -0.494 e. The summed E-state index contributed by atoms with van der Waals surface area (Å²) >= 11 is 1.63. The fourth-order valence-electron chi connectivity index (χ4n) is 1.75. The summed E-state index contributed by atoms with van der Waals surface area (Å²) in [6.45, 7) is 6.89. The molecule has 2 rings (SSSR count). The van der Waals surface area contributed by atoms with Crippen LogP contribution in [-0.2, 0) is 0 Å². The van der Waals surface area contributed by atoms with Crippen LogP contribution in [0.5, 0.6) is 5.75 Å². The van der Waals surface area contributed by atoms with E-state index >= 15 is 0 Å². The quantitative estimate of drug-likeness (QED) is 0.902. The van der Waals surface area contributed by atoms with Gasteiger partial charge in [0.1, 0.15) is 10.8 Å². The lowest BCUT2D eigenvalue weighted by Gasteiger charge is -2.11. The van der Waals surface area contributed by atoms with Crippen LogP contribution in [-0.4, -0.2) is 11.6 Å². The van der Waals surface area contributed by atoms with Crippen molar-refractivity contribution in [3.63, 3.8) is 0 Å². The molecule has 1 atom stereocenters. The number of ether oxygens (including phenoxy) is 1. The molecule has 0 aliphatic rings. The second-order valence-corrected chi connectivity index (χ2v) is 5.69. The summed E-state index contributed by atoms with van der Waals surface area (Å²) < 4.78 is 5.43. The number of thiazole rings is 1. The lowest BCUT2D eigenvalue weighted by molar-refractivity contribution is 0.340. The molecule has 0 saturated carbocycles. The molecule has 19 heavy (non-hydrogen) atoms. The van der Waals surface area contributed by atoms with Crippen LogP contribution in [0.25, 0.3) is 11.3 Å². The molecule has 0 bridgehead atoms. The summed E-state index contributed by atoms with van der Waals surface area (Å²) in [6, 6.07) is 8.03. The molecule has 102 valence electrons. The second-order valence-electron chi connectivity index (χ2n) is 4.80. The Kier molecular flexibility index (Phi) is 4.56. The van der Waals surface area contributed by atoms with Gasteiger partial charge in [0, 0.05) is 10.9 Å². The van der Waals surface area contributed by atoms with Gasteiger partial charge < -0.3 is 10.5 Å². The summed E-state index contributed by atoms with van der Waals surface area (Å²) in [4.78, 5) is 4.63. The Morgan fingerprint density at radius 2 is 1.95 bits per heavy atom. The number of nitrogens with two attached hydrogens (primary N) is 1. The zero-order valence-electron chi connectivity index (χ0n) is 11.6. The first-order valence-electron chi connectivity index (χ1n) is 6.56. The molecule has 1 unspecified atom stereocenters. The van der Waals surface area contributed by atoms with Gasteiger partial charge >= 0.3 is 0 Å². The van der Waals surface area contributed by atoms with Crippen molar-refractivity contribution in [3.8, 4) is 17.0 Å². The zero-order chi connectivity index (χ0) is 13.8. The van der Waals surface area contributed by atoms with Crippen LogP contribution in [0, 0.1) is 5.92 Å². The number of aromatic nitrogens is 1. The Balaban J connectivity index is 2.18. The second kappa shape index (κ2) is 6.17. The van der Waals surface area contributed by atoms with Crippen molar-refractivity contribution in [1.29, 1.82) is 0 Å². The van der Waals surface area contributed by atoms with E-state index in [1.165, 1.54) is 0 Å². The van der Waals surface area contributed by atoms with Crippen LogP contribution in [0.1, 0.15) is 31.8 Å². The first kappa shape index (κ1) is 14.0. The van der Waals surface area contributed by atoms with Gasteiger partial charge in [-0.05, 0) is 37.1 Å². The fourth-order valence-corrected chi connectivity index (χ4v) is 2.75. The van der Waals surface area contributed by atoms with Gasteiger partial charge in [0.15, 0.2) is 0 Å². The van der Waals surface area contributed by atoms with Crippen LogP contribution in [0.15, 0.2) is 29.6 Å². The van der Waals surface area contributed by atoms with Crippen molar-refractivity contribution in [1.82, 2.24) is 4.98 Å². The molecular formula is C15H20N2OS. The summed E-state index contributed by atoms with van der Waals surface area (Å²) in [7, 11) is 0. The lowest BCUT2D eigenvalue weighted by Crippen LogP contribution is -2.16. The molecule has 2 aromatic rings. The van der Waals surface area contributed by atoms with Crippen LogP contribution >= 0.6 is 11.3 Å². The predicted octanol–water partition coefficient (Wildman–Crippen LogP) is 3.86. The maximum absolute atomic E-state index is 6.12. The minimum atomic E-state index is 0.0152. The topological polar surface area (TPSA) is 48.1 Å². The van der Waals surface area contributed by atoms with Crippen LogP contribution < -0.4 is 10.5 Å². The molecule has 0 amide bonds. The highest BCUT2D eigenvalue weighted by Gasteiger charge is 2.15. The number of nitrogens with zero attached hydrogens (tertiary/aromatic N) is 1. The third kappa shape index (κ3) is 3.33. The van der Waals surface area contributed by atoms with Crippen molar-refractivity contribution >= 4 is 11.3 Å². The van der Waals surface area contributed by atoms with Gasteiger partial charge in [-0.1, -0.05) is 13.8 Å². The maximum atomic E-state index is 6.12. The van der Waals surface area contributed by atoms with Crippen molar-refractivity contribution in [2.45, 2.75) is 26.8 Å². The number of hydrogen-bond acceptors (Lipinski definition) is 4. The molecule has 1 heterocycles. The minimum absolute atomic E-state index is 0.0152. The summed E-state index contributed by atoms with van der Waals surface area (Å²) in [6.07, 6.45) is 0. The van der Waals surface area contributed by atoms with Gasteiger partial charge in [-0.3, -0.25) is 0 Å². The normalized spacial score (nSPS) is 12.7. The molecule has 0 radical (unpaired) electrons. The monoisotopic (exact) mass is 276 g/mol. The molecule has 4 heteroatoms. The molecule has 0 spiro atoms. The molecule has 0 saturated heterocycles. The summed E-state index contributed by atoms with van der Waals surface area (Å²) in [5.41, 5.74) is 8.21. The highest BCUT2D eigenvalue weighted by Crippen LogP contribution is 2.28. The highest BCUT2D eigenvalue weighted by molar-refractivity contribution is 7.10. The zero-order valence-corrected chi connectivity index (χ0v) is 12.4. The van der Waals surface area contributed by atoms with Crippen molar-refractivity contribution < 1.29 is 4.74 Å². The Morgan fingerprint density at radius 3 is 2.53 bits per heavy atom. The van der Waals surface area contributed by atoms with Crippen LogP contribution in [0.4, 0.5) is 0 Å². The Hall–Kier alpha value is -1.39. The average molecular weight is 276 g/mol. The predicted molar refractivity (Wildman–Crippen MR) is 80.5 cm³/mol. The Morgan fingerprint density at radius 1 is 1.26 bits per heavy atom. The Bertz CT molecular complexity index is 519. The van der Waals surface area contributed by atoms with Crippen LogP contribution in [0.2, 0.25) is 0 Å². The van der Waals surface area contributed by atoms with Crippen molar-refractivity contribution in [2.75, 3.05) is 6.61 Å². The van der Waals surface area contributed by atoms with Crippen molar-refractivity contribution in [2.24, 2.45) is 11.7 Å². The Labute approximate surface area is 118 Å². The van der Waals surface area contributed by atoms with E-state index in [1.54, 1.807) is 11.3 Å². The molecule has 3 nitrogen and oxygen atoms in total. The molecule has 1 aromatic heterocycles. The van der Waals surface area contributed by atoms with Gasteiger partial charge in [0.05, 0.1) is 18.3 Å². The largest absolute Gasteiger partial charge is 0.494 e. The van der Waals surface area contributed by atoms with E-state index in [0.717, 1.165) is 22.0 Å². The first-order valence-corrected chi connectivity index (χ1v) is 7.44. The van der Waals surface area contributed by atoms with Gasteiger partial charge in [0.2, 0.25) is 0 Å². The number of benzene rings is 1. The average Bonchev–Trinajstić information content (AvgIpc) is 2.88. The first-order chi connectivity index (χ1) is 9.11. The fraction of sp³-hybridized carbons (Fsp3) is 0.400. The standard InChI is InChI=1S/C15H20N2OS/c1-4-18-12-7-5-11(6-8-12)13-9-19-15(17-13)14(16)10(2)3/h5-10,14H,4,16H2,1-3H3. The number of hydrogen-bond donors (Lipinski definition) is 1. The lowest BCUT2D eigenvalue weighted by atomic mass is 10.1. The molecule has 0 fully saturated rings. The molecule has 2 N–H and O–H groups in total. The van der Waals surface area contributed by atoms with Crippen molar-refractivity contribution in [3.05, 3.63) is 34.7 Å². The smallest absolute Gasteiger partial charge is 0.119 e. The molecular weight excluding hydrogens is 256 g/mol. The SMILES string of the molecule is CCOc1ccc(-c2csc(C(N)C(C)C)n2)cc1. The van der Waals surface area contributed by atoms with E-state index < -0.39 is 0 Å². The molecule has 0 aliphatic carbocycles. The molecule has 1 aromatic carbocycles.